The van der Waals surface area contributed by atoms with E-state index in [0.29, 0.717) is 0 Å². The lowest BCUT2D eigenvalue weighted by Gasteiger charge is -2.28. The first kappa shape index (κ1) is 11.1. The van der Waals surface area contributed by atoms with E-state index in [4.69, 9.17) is 0 Å². The molecule has 0 atom stereocenters. The Labute approximate surface area is 87.8 Å². The molecule has 0 aliphatic carbocycles. The highest BCUT2D eigenvalue weighted by molar-refractivity contribution is 5.24. The Morgan fingerprint density at radius 2 is 1.79 bits per heavy atom. The van der Waals surface area contributed by atoms with Gasteiger partial charge in [-0.2, -0.15) is 0 Å². The Hall–Kier alpha value is -0.980. The zero-order valence-corrected chi connectivity index (χ0v) is 9.42. The third-order valence-electron chi connectivity index (χ3n) is 2.76. The van der Waals surface area contributed by atoms with Crippen molar-refractivity contribution in [2.75, 3.05) is 13.1 Å². The third-order valence-corrected chi connectivity index (χ3v) is 2.76. The quantitative estimate of drug-likeness (QED) is 0.617. The monoisotopic (exact) mass is 191 g/mol. The topological polar surface area (TPSA) is 3.24 Å². The number of hydrogen-bond acceptors (Lipinski definition) is 1. The maximum absolute atomic E-state index is 4.10. The highest BCUT2D eigenvalue weighted by Gasteiger charge is 2.09. The maximum Gasteiger partial charge on any atom is 0.0293 e. The van der Waals surface area contributed by atoms with Crippen LogP contribution in [0, 0.1) is 0 Å². The molecule has 14 heavy (non-hydrogen) atoms. The molecule has 0 saturated carbocycles. The molecule has 0 radical (unpaired) electrons. The SMILES string of the molecule is C=C(/C=C\C(C)=C/C)N1CCCCC1. The van der Waals surface area contributed by atoms with Gasteiger partial charge in [0.15, 0.2) is 0 Å². The summed E-state index contributed by atoms with van der Waals surface area (Å²) in [5.74, 6) is 0. The second-order valence-electron chi connectivity index (χ2n) is 3.91. The molecule has 1 fully saturated rings. The van der Waals surface area contributed by atoms with Gasteiger partial charge in [-0.25, -0.2) is 0 Å². The van der Waals surface area contributed by atoms with E-state index >= 15 is 0 Å². The van der Waals surface area contributed by atoms with E-state index in [-0.39, 0.29) is 0 Å². The smallest absolute Gasteiger partial charge is 0.0293 e. The highest BCUT2D eigenvalue weighted by Crippen LogP contribution is 2.14. The molecule has 1 nitrogen and oxygen atoms in total. The predicted molar refractivity (Wildman–Crippen MR) is 63.1 cm³/mol. The van der Waals surface area contributed by atoms with Crippen LogP contribution < -0.4 is 0 Å². The van der Waals surface area contributed by atoms with Crippen LogP contribution in [0.5, 0.6) is 0 Å². The fraction of sp³-hybridized carbons (Fsp3) is 0.538. The van der Waals surface area contributed by atoms with Gasteiger partial charge in [0.25, 0.3) is 0 Å². The van der Waals surface area contributed by atoms with Gasteiger partial charge in [0, 0.05) is 18.8 Å². The van der Waals surface area contributed by atoms with Crippen molar-refractivity contribution >= 4 is 0 Å². The van der Waals surface area contributed by atoms with E-state index < -0.39 is 0 Å². The average Bonchev–Trinajstić information content (AvgIpc) is 2.26. The Bertz CT molecular complexity index is 242. The van der Waals surface area contributed by atoms with Crippen LogP contribution in [0.4, 0.5) is 0 Å². The molecule has 0 aromatic carbocycles. The van der Waals surface area contributed by atoms with Crippen LogP contribution in [-0.4, -0.2) is 18.0 Å². The molecule has 1 aliphatic heterocycles. The Kier molecular flexibility index (Phi) is 4.51. The molecule has 0 N–H and O–H groups in total. The largest absolute Gasteiger partial charge is 0.372 e. The lowest BCUT2D eigenvalue weighted by atomic mass is 10.1. The van der Waals surface area contributed by atoms with E-state index in [1.807, 2.05) is 0 Å². The molecular weight excluding hydrogens is 170 g/mol. The third kappa shape index (κ3) is 3.41. The molecule has 1 heterocycles. The summed E-state index contributed by atoms with van der Waals surface area (Å²) in [6.07, 6.45) is 10.4. The summed E-state index contributed by atoms with van der Waals surface area (Å²) >= 11 is 0. The van der Waals surface area contributed by atoms with E-state index in [1.165, 1.54) is 37.9 Å². The van der Waals surface area contributed by atoms with Crippen molar-refractivity contribution in [1.82, 2.24) is 4.90 Å². The minimum absolute atomic E-state index is 1.16. The van der Waals surface area contributed by atoms with E-state index in [2.05, 4.69) is 43.6 Å². The molecule has 1 aliphatic rings. The summed E-state index contributed by atoms with van der Waals surface area (Å²) in [5.41, 5.74) is 2.45. The number of piperidine rings is 1. The van der Waals surface area contributed by atoms with Gasteiger partial charge in [0.2, 0.25) is 0 Å². The van der Waals surface area contributed by atoms with Gasteiger partial charge in [0.1, 0.15) is 0 Å². The minimum atomic E-state index is 1.16. The van der Waals surface area contributed by atoms with Crippen LogP contribution in [0.25, 0.3) is 0 Å². The van der Waals surface area contributed by atoms with Crippen LogP contribution in [0.2, 0.25) is 0 Å². The van der Waals surface area contributed by atoms with Gasteiger partial charge in [0.05, 0.1) is 0 Å². The van der Waals surface area contributed by atoms with Crippen LogP contribution >= 0.6 is 0 Å². The van der Waals surface area contributed by atoms with Crippen molar-refractivity contribution in [3.8, 4) is 0 Å². The lowest BCUT2D eigenvalue weighted by Crippen LogP contribution is -2.27. The summed E-state index contributed by atoms with van der Waals surface area (Å²) in [5, 5.41) is 0. The van der Waals surface area contributed by atoms with Gasteiger partial charge >= 0.3 is 0 Å². The Balaban J connectivity index is 2.44. The van der Waals surface area contributed by atoms with Gasteiger partial charge in [-0.05, 0) is 39.2 Å². The number of likely N-dealkylation sites (tertiary alicyclic amines) is 1. The second kappa shape index (κ2) is 5.69. The molecule has 1 saturated heterocycles. The first-order chi connectivity index (χ1) is 6.74. The maximum atomic E-state index is 4.10. The summed E-state index contributed by atoms with van der Waals surface area (Å²) in [4.78, 5) is 2.38. The van der Waals surface area contributed by atoms with Crippen LogP contribution in [0.1, 0.15) is 33.1 Å². The molecule has 0 amide bonds. The fourth-order valence-electron chi connectivity index (χ4n) is 1.61. The van der Waals surface area contributed by atoms with E-state index in [0.717, 1.165) is 5.70 Å². The van der Waals surface area contributed by atoms with Gasteiger partial charge in [-0.1, -0.05) is 24.3 Å². The summed E-state index contributed by atoms with van der Waals surface area (Å²) in [6, 6.07) is 0. The number of rotatable bonds is 3. The molecule has 1 rings (SSSR count). The summed E-state index contributed by atoms with van der Waals surface area (Å²) in [6.45, 7) is 10.6. The Morgan fingerprint density at radius 3 is 2.36 bits per heavy atom. The zero-order valence-electron chi connectivity index (χ0n) is 9.42. The molecule has 0 aromatic rings. The first-order valence-electron chi connectivity index (χ1n) is 5.49. The molecule has 1 heteroatoms. The van der Waals surface area contributed by atoms with Crippen molar-refractivity contribution < 1.29 is 0 Å². The molecule has 0 unspecified atom stereocenters. The molecule has 0 bridgehead atoms. The number of allylic oxidation sites excluding steroid dienone is 4. The number of nitrogens with zero attached hydrogens (tertiary/aromatic N) is 1. The lowest BCUT2D eigenvalue weighted by molar-refractivity contribution is 0.294. The van der Waals surface area contributed by atoms with Crippen molar-refractivity contribution in [3.63, 3.8) is 0 Å². The minimum Gasteiger partial charge on any atom is -0.372 e. The van der Waals surface area contributed by atoms with Crippen molar-refractivity contribution in [3.05, 3.63) is 36.1 Å². The second-order valence-corrected chi connectivity index (χ2v) is 3.91. The fourth-order valence-corrected chi connectivity index (χ4v) is 1.61. The van der Waals surface area contributed by atoms with Crippen molar-refractivity contribution in [2.24, 2.45) is 0 Å². The van der Waals surface area contributed by atoms with Crippen LogP contribution in [0.3, 0.4) is 0 Å². The normalized spacial score (nSPS) is 19.0. The molecular formula is C13H21N. The van der Waals surface area contributed by atoms with Crippen LogP contribution in [0.15, 0.2) is 36.1 Å². The van der Waals surface area contributed by atoms with Crippen molar-refractivity contribution in [1.29, 1.82) is 0 Å². The van der Waals surface area contributed by atoms with Crippen LogP contribution in [-0.2, 0) is 0 Å². The molecule has 0 aromatic heterocycles. The highest BCUT2D eigenvalue weighted by atomic mass is 15.1. The summed E-state index contributed by atoms with van der Waals surface area (Å²) in [7, 11) is 0. The summed E-state index contributed by atoms with van der Waals surface area (Å²) < 4.78 is 0. The van der Waals surface area contributed by atoms with Crippen molar-refractivity contribution in [2.45, 2.75) is 33.1 Å². The first-order valence-corrected chi connectivity index (χ1v) is 5.49. The van der Waals surface area contributed by atoms with Gasteiger partial charge in [-0.15, -0.1) is 0 Å². The number of hydrogen-bond donors (Lipinski definition) is 0. The van der Waals surface area contributed by atoms with E-state index in [1.54, 1.807) is 0 Å². The van der Waals surface area contributed by atoms with E-state index in [9.17, 15) is 0 Å². The van der Waals surface area contributed by atoms with Gasteiger partial charge < -0.3 is 4.90 Å². The molecule has 0 spiro atoms. The zero-order chi connectivity index (χ0) is 10.4. The Morgan fingerprint density at radius 1 is 1.14 bits per heavy atom. The standard InChI is InChI=1S/C13H21N/c1-4-12(2)8-9-13(3)14-10-6-5-7-11-14/h4,8-9H,3,5-7,10-11H2,1-2H3/b9-8-,12-4-. The average molecular weight is 191 g/mol. The predicted octanol–water partition coefficient (Wildman–Crippen LogP) is 3.51. The molecule has 78 valence electrons. The van der Waals surface area contributed by atoms with Gasteiger partial charge in [-0.3, -0.25) is 0 Å².